The van der Waals surface area contributed by atoms with Crippen LogP contribution < -0.4 is 11.0 Å². The van der Waals surface area contributed by atoms with Gasteiger partial charge in [0.25, 0.3) is 0 Å². The number of carbonyl (C=O) groups is 1. The summed E-state index contributed by atoms with van der Waals surface area (Å²) in [6, 6.07) is 0. The van der Waals surface area contributed by atoms with Gasteiger partial charge in [0.15, 0.2) is 0 Å². The van der Waals surface area contributed by atoms with Gasteiger partial charge in [-0.3, -0.25) is 9.36 Å². The second-order valence-electron chi connectivity index (χ2n) is 6.25. The summed E-state index contributed by atoms with van der Waals surface area (Å²) in [6.45, 7) is 5.04. The Morgan fingerprint density at radius 2 is 2.25 bits per heavy atom. The van der Waals surface area contributed by atoms with Crippen molar-refractivity contribution in [2.75, 3.05) is 0 Å². The summed E-state index contributed by atoms with van der Waals surface area (Å²) in [4.78, 5) is 30.1. The number of carbonyl (C=O) groups excluding carboxylic acids is 1. The van der Waals surface area contributed by atoms with Crippen LogP contribution in [0.4, 0.5) is 0 Å². The molecular weight excluding hydrogens is 326 g/mol. The molecule has 1 N–H and O–H groups in total. The van der Waals surface area contributed by atoms with Gasteiger partial charge in [-0.05, 0) is 26.2 Å². The molecule has 8 heteroatoms. The molecule has 130 valence electrons. The first kappa shape index (κ1) is 16.9. The van der Waals surface area contributed by atoms with Crippen LogP contribution in [0.25, 0.3) is 0 Å². The van der Waals surface area contributed by atoms with Gasteiger partial charge in [-0.1, -0.05) is 6.92 Å². The molecule has 24 heavy (non-hydrogen) atoms. The lowest BCUT2D eigenvalue weighted by molar-refractivity contribution is -0.126. The molecule has 3 heterocycles. The molecule has 0 saturated heterocycles. The Bertz CT molecular complexity index is 804. The van der Waals surface area contributed by atoms with E-state index in [0.717, 1.165) is 40.7 Å². The van der Waals surface area contributed by atoms with E-state index >= 15 is 0 Å². The maximum Gasteiger partial charge on any atom is 0.345 e. The van der Waals surface area contributed by atoms with Crippen LogP contribution in [0.15, 0.2) is 4.79 Å². The van der Waals surface area contributed by atoms with E-state index in [2.05, 4.69) is 22.3 Å². The Kier molecular flexibility index (Phi) is 4.84. The van der Waals surface area contributed by atoms with Crippen molar-refractivity contribution >= 4 is 17.2 Å². The molecule has 0 saturated carbocycles. The van der Waals surface area contributed by atoms with Crippen LogP contribution in [0.5, 0.6) is 0 Å². The molecule has 0 fully saturated rings. The average molecular weight is 349 g/mol. The molecule has 1 amide bonds. The summed E-state index contributed by atoms with van der Waals surface area (Å²) in [5.41, 5.74) is 0.850. The zero-order valence-electron chi connectivity index (χ0n) is 14.3. The van der Waals surface area contributed by atoms with E-state index in [1.165, 1.54) is 4.68 Å². The van der Waals surface area contributed by atoms with Crippen LogP contribution in [0.1, 0.15) is 41.2 Å². The summed E-state index contributed by atoms with van der Waals surface area (Å²) in [5, 5.41) is 8.34. The molecule has 1 aliphatic rings. The topological polar surface area (TPSA) is 81.8 Å². The van der Waals surface area contributed by atoms with Crippen LogP contribution in [0.2, 0.25) is 0 Å². The third kappa shape index (κ3) is 3.28. The number of hydrogen-bond acceptors (Lipinski definition) is 5. The summed E-state index contributed by atoms with van der Waals surface area (Å²) in [5.74, 6) is 0.595. The van der Waals surface area contributed by atoms with Crippen LogP contribution in [0, 0.1) is 12.8 Å². The van der Waals surface area contributed by atoms with Gasteiger partial charge in [0.2, 0.25) is 5.91 Å². The molecule has 1 unspecified atom stereocenters. The van der Waals surface area contributed by atoms with Crippen molar-refractivity contribution in [3.05, 3.63) is 31.9 Å². The lowest BCUT2D eigenvalue weighted by Crippen LogP contribution is -2.38. The highest BCUT2D eigenvalue weighted by atomic mass is 32.1. The lowest BCUT2D eigenvalue weighted by Gasteiger charge is -2.21. The lowest BCUT2D eigenvalue weighted by atomic mass is 9.98. The van der Waals surface area contributed by atoms with Crippen LogP contribution in [-0.2, 0) is 37.8 Å². The first-order valence-electron chi connectivity index (χ1n) is 8.35. The van der Waals surface area contributed by atoms with Crippen molar-refractivity contribution in [2.24, 2.45) is 13.0 Å². The third-order valence-electron chi connectivity index (χ3n) is 4.40. The molecule has 2 aromatic heterocycles. The van der Waals surface area contributed by atoms with Crippen molar-refractivity contribution < 1.29 is 4.79 Å². The molecule has 2 aromatic rings. The molecule has 1 atom stereocenters. The van der Waals surface area contributed by atoms with Gasteiger partial charge in [0, 0.05) is 24.9 Å². The zero-order valence-corrected chi connectivity index (χ0v) is 15.2. The Morgan fingerprint density at radius 1 is 1.46 bits per heavy atom. The number of aryl methyl sites for hydroxylation is 4. The quantitative estimate of drug-likeness (QED) is 0.879. The number of nitrogens with zero attached hydrogens (tertiary/aromatic N) is 4. The van der Waals surface area contributed by atoms with E-state index in [9.17, 15) is 9.59 Å². The van der Waals surface area contributed by atoms with Crippen molar-refractivity contribution in [3.8, 4) is 0 Å². The molecule has 0 bridgehead atoms. The number of fused-ring (bicyclic) bond motifs is 1. The Labute approximate surface area is 144 Å². The first-order chi connectivity index (χ1) is 11.5. The van der Waals surface area contributed by atoms with Crippen molar-refractivity contribution in [1.29, 1.82) is 0 Å². The number of thiazole rings is 1. The predicted molar refractivity (Wildman–Crippen MR) is 92.0 cm³/mol. The molecule has 0 radical (unpaired) electrons. The van der Waals surface area contributed by atoms with E-state index in [1.807, 2.05) is 6.92 Å². The van der Waals surface area contributed by atoms with E-state index in [4.69, 9.17) is 0 Å². The molecule has 3 rings (SSSR count). The normalized spacial score (nSPS) is 16.9. The van der Waals surface area contributed by atoms with Crippen LogP contribution in [0.3, 0.4) is 0 Å². The smallest absolute Gasteiger partial charge is 0.345 e. The van der Waals surface area contributed by atoms with Gasteiger partial charge in [-0.2, -0.15) is 5.10 Å². The van der Waals surface area contributed by atoms with Gasteiger partial charge < -0.3 is 5.32 Å². The van der Waals surface area contributed by atoms with Crippen molar-refractivity contribution in [3.63, 3.8) is 0 Å². The van der Waals surface area contributed by atoms with Crippen molar-refractivity contribution in [1.82, 2.24) is 24.6 Å². The predicted octanol–water partition coefficient (Wildman–Crippen LogP) is 1.18. The van der Waals surface area contributed by atoms with Gasteiger partial charge in [-0.15, -0.1) is 11.3 Å². The monoisotopic (exact) mass is 349 g/mol. The molecule has 0 aliphatic carbocycles. The molecule has 7 nitrogen and oxygen atoms in total. The van der Waals surface area contributed by atoms with E-state index < -0.39 is 0 Å². The highest BCUT2D eigenvalue weighted by molar-refractivity contribution is 7.11. The summed E-state index contributed by atoms with van der Waals surface area (Å²) < 4.78 is 2.95. The SMILES string of the molecule is CCCc1nc(C)c(CNC(=O)C2CCc3nn(C)c(=O)n3C2)s1. The van der Waals surface area contributed by atoms with Gasteiger partial charge in [0.05, 0.1) is 23.2 Å². The molecule has 1 aliphatic heterocycles. The number of rotatable bonds is 5. The highest BCUT2D eigenvalue weighted by Gasteiger charge is 2.27. The number of nitrogens with one attached hydrogen (secondary N) is 1. The Hall–Kier alpha value is -1.96. The minimum absolute atomic E-state index is 0.00115. The summed E-state index contributed by atoms with van der Waals surface area (Å²) in [6.07, 6.45) is 3.44. The minimum atomic E-state index is -0.178. The Morgan fingerprint density at radius 3 is 3.00 bits per heavy atom. The number of hydrogen-bond donors (Lipinski definition) is 1. The maximum absolute atomic E-state index is 12.5. The highest BCUT2D eigenvalue weighted by Crippen LogP contribution is 2.20. The fourth-order valence-corrected chi connectivity index (χ4v) is 4.15. The third-order valence-corrected chi connectivity index (χ3v) is 5.62. The minimum Gasteiger partial charge on any atom is -0.351 e. The van der Waals surface area contributed by atoms with Crippen molar-refractivity contribution in [2.45, 2.75) is 52.6 Å². The van der Waals surface area contributed by atoms with E-state index in [1.54, 1.807) is 23.0 Å². The summed E-state index contributed by atoms with van der Waals surface area (Å²) >= 11 is 1.67. The fourth-order valence-electron chi connectivity index (χ4n) is 3.04. The first-order valence-corrected chi connectivity index (χ1v) is 9.16. The van der Waals surface area contributed by atoms with Gasteiger partial charge in [-0.25, -0.2) is 14.5 Å². The number of amides is 1. The fraction of sp³-hybridized carbons (Fsp3) is 0.625. The largest absolute Gasteiger partial charge is 0.351 e. The second-order valence-corrected chi connectivity index (χ2v) is 7.42. The molecule has 0 aromatic carbocycles. The number of aromatic nitrogens is 4. The second kappa shape index (κ2) is 6.88. The van der Waals surface area contributed by atoms with Gasteiger partial charge >= 0.3 is 5.69 Å². The van der Waals surface area contributed by atoms with Gasteiger partial charge in [0.1, 0.15) is 5.82 Å². The molecule has 0 spiro atoms. The van der Waals surface area contributed by atoms with E-state index in [-0.39, 0.29) is 17.5 Å². The molecular formula is C16H23N5O2S. The average Bonchev–Trinajstić information content (AvgIpc) is 3.05. The van der Waals surface area contributed by atoms with Crippen LogP contribution >= 0.6 is 11.3 Å². The van der Waals surface area contributed by atoms with Crippen LogP contribution in [-0.4, -0.2) is 25.2 Å². The van der Waals surface area contributed by atoms with E-state index in [0.29, 0.717) is 19.5 Å². The maximum atomic E-state index is 12.5. The summed E-state index contributed by atoms with van der Waals surface area (Å²) in [7, 11) is 1.64. The Balaban J connectivity index is 1.62. The standard InChI is InChI=1S/C16H23N5O2S/c1-4-5-14-18-10(2)12(24-14)8-17-15(22)11-6-7-13-19-20(3)16(23)21(13)9-11/h11H,4-9H2,1-3H3,(H,17,22). The zero-order chi connectivity index (χ0) is 17.3.